The number of halogens is 2. The number of nitrogens with one attached hydrogen (secondary N) is 1. The molecule has 0 aliphatic carbocycles. The number of aryl methyl sites for hydroxylation is 1. The van der Waals surface area contributed by atoms with Crippen LogP contribution in [0.5, 0.6) is 0 Å². The fourth-order valence-corrected chi connectivity index (χ4v) is 2.17. The number of aromatic amines is 1. The zero-order valence-electron chi connectivity index (χ0n) is 11.6. The molecule has 0 amide bonds. The summed E-state index contributed by atoms with van der Waals surface area (Å²) >= 11 is 0. The van der Waals surface area contributed by atoms with Gasteiger partial charge in [0.15, 0.2) is 0 Å². The van der Waals surface area contributed by atoms with E-state index in [1.807, 2.05) is 25.1 Å². The van der Waals surface area contributed by atoms with Gasteiger partial charge in [0.1, 0.15) is 5.69 Å². The van der Waals surface area contributed by atoms with Crippen LogP contribution in [0.4, 0.5) is 8.78 Å². The van der Waals surface area contributed by atoms with Crippen molar-refractivity contribution >= 4 is 0 Å². The Morgan fingerprint density at radius 1 is 1.21 bits per heavy atom. The minimum absolute atomic E-state index is 0.132. The SMILES string of the molecule is Cc1cc(C(C)C)ccc1-c1cn[nH]c1C(C)(F)F. The van der Waals surface area contributed by atoms with Crippen LogP contribution in [-0.2, 0) is 5.92 Å². The average molecular weight is 264 g/mol. The molecule has 0 saturated carbocycles. The first-order valence-electron chi connectivity index (χ1n) is 6.33. The lowest BCUT2D eigenvalue weighted by molar-refractivity contribution is 0.0133. The van der Waals surface area contributed by atoms with Gasteiger partial charge in [0.2, 0.25) is 0 Å². The topological polar surface area (TPSA) is 28.7 Å². The molecule has 1 heterocycles. The molecule has 0 atom stereocenters. The van der Waals surface area contributed by atoms with Gasteiger partial charge in [0.25, 0.3) is 5.92 Å². The van der Waals surface area contributed by atoms with Crippen molar-refractivity contribution < 1.29 is 8.78 Å². The molecule has 0 unspecified atom stereocenters. The van der Waals surface area contributed by atoms with Gasteiger partial charge in [-0.2, -0.15) is 13.9 Å². The quantitative estimate of drug-likeness (QED) is 0.861. The molecule has 1 N–H and O–H groups in total. The number of rotatable bonds is 3. The van der Waals surface area contributed by atoms with Crippen LogP contribution in [0.1, 0.15) is 43.5 Å². The van der Waals surface area contributed by atoms with Crippen LogP contribution in [0.25, 0.3) is 11.1 Å². The van der Waals surface area contributed by atoms with E-state index in [9.17, 15) is 8.78 Å². The Balaban J connectivity index is 2.52. The molecule has 2 rings (SSSR count). The molecule has 0 fully saturated rings. The normalized spacial score (nSPS) is 12.2. The summed E-state index contributed by atoms with van der Waals surface area (Å²) < 4.78 is 27.0. The third-order valence-corrected chi connectivity index (χ3v) is 3.29. The van der Waals surface area contributed by atoms with E-state index in [4.69, 9.17) is 0 Å². The number of aromatic nitrogens is 2. The summed E-state index contributed by atoms with van der Waals surface area (Å²) in [6.45, 7) is 7.03. The Morgan fingerprint density at radius 3 is 2.42 bits per heavy atom. The highest BCUT2D eigenvalue weighted by Gasteiger charge is 2.30. The average Bonchev–Trinajstić information content (AvgIpc) is 2.77. The highest BCUT2D eigenvalue weighted by atomic mass is 19.3. The summed E-state index contributed by atoms with van der Waals surface area (Å²) in [5, 5.41) is 6.17. The van der Waals surface area contributed by atoms with Crippen LogP contribution in [-0.4, -0.2) is 10.2 Å². The Kier molecular flexibility index (Phi) is 3.43. The van der Waals surface area contributed by atoms with Crippen molar-refractivity contribution in [1.82, 2.24) is 10.2 Å². The van der Waals surface area contributed by atoms with Crippen LogP contribution < -0.4 is 0 Å². The van der Waals surface area contributed by atoms with E-state index in [2.05, 4.69) is 24.0 Å². The van der Waals surface area contributed by atoms with Gasteiger partial charge in [-0.3, -0.25) is 5.10 Å². The number of hydrogen-bond donors (Lipinski definition) is 1. The van der Waals surface area contributed by atoms with Crippen molar-refractivity contribution in [2.75, 3.05) is 0 Å². The van der Waals surface area contributed by atoms with Crippen molar-refractivity contribution in [3.05, 3.63) is 41.2 Å². The van der Waals surface area contributed by atoms with Crippen molar-refractivity contribution in [3.8, 4) is 11.1 Å². The standard InChI is InChI=1S/C15H18F2N2/c1-9(2)11-5-6-12(10(3)7-11)13-8-18-19-14(13)15(4,16)17/h5-9H,1-4H3,(H,18,19). The maximum atomic E-state index is 13.5. The molecule has 2 nitrogen and oxygen atoms in total. The summed E-state index contributed by atoms with van der Waals surface area (Å²) in [4.78, 5) is 0. The fraction of sp³-hybridized carbons (Fsp3) is 0.400. The largest absolute Gasteiger partial charge is 0.287 e. The molecular formula is C15H18F2N2. The lowest BCUT2D eigenvalue weighted by Crippen LogP contribution is -2.09. The highest BCUT2D eigenvalue weighted by molar-refractivity contribution is 5.69. The zero-order chi connectivity index (χ0) is 14.2. The molecule has 19 heavy (non-hydrogen) atoms. The van der Waals surface area contributed by atoms with Crippen LogP contribution in [0.2, 0.25) is 0 Å². The third kappa shape index (κ3) is 2.67. The number of H-pyrrole nitrogens is 1. The van der Waals surface area contributed by atoms with Crippen LogP contribution >= 0.6 is 0 Å². The Morgan fingerprint density at radius 2 is 1.89 bits per heavy atom. The molecule has 0 bridgehead atoms. The van der Waals surface area contributed by atoms with Crippen molar-refractivity contribution in [3.63, 3.8) is 0 Å². The van der Waals surface area contributed by atoms with Gasteiger partial charge in [0, 0.05) is 12.5 Å². The minimum Gasteiger partial charge on any atom is -0.276 e. The zero-order valence-corrected chi connectivity index (χ0v) is 11.6. The molecule has 0 aliphatic heterocycles. The number of nitrogens with zero attached hydrogens (tertiary/aromatic N) is 1. The van der Waals surface area contributed by atoms with E-state index in [-0.39, 0.29) is 5.69 Å². The summed E-state index contributed by atoms with van der Waals surface area (Å²) in [5.74, 6) is -2.50. The molecule has 0 radical (unpaired) electrons. The van der Waals surface area contributed by atoms with Crippen molar-refractivity contribution in [2.45, 2.75) is 39.5 Å². The van der Waals surface area contributed by atoms with Gasteiger partial charge in [-0.1, -0.05) is 32.0 Å². The van der Waals surface area contributed by atoms with Crippen molar-refractivity contribution in [2.24, 2.45) is 0 Å². The van der Waals surface area contributed by atoms with Crippen LogP contribution in [0.3, 0.4) is 0 Å². The Labute approximate surface area is 111 Å². The van der Waals surface area contributed by atoms with Crippen molar-refractivity contribution in [1.29, 1.82) is 0 Å². The van der Waals surface area contributed by atoms with Gasteiger partial charge >= 0.3 is 0 Å². The number of benzene rings is 1. The van der Waals surface area contributed by atoms with Gasteiger partial charge in [-0.25, -0.2) is 0 Å². The number of alkyl halides is 2. The second-order valence-electron chi connectivity index (χ2n) is 5.28. The second-order valence-corrected chi connectivity index (χ2v) is 5.28. The predicted molar refractivity (Wildman–Crippen MR) is 72.4 cm³/mol. The maximum absolute atomic E-state index is 13.5. The molecular weight excluding hydrogens is 246 g/mol. The van der Waals surface area contributed by atoms with Gasteiger partial charge in [0.05, 0.1) is 6.20 Å². The second kappa shape index (κ2) is 4.76. The summed E-state index contributed by atoms with van der Waals surface area (Å²) in [5.41, 5.74) is 3.33. The first-order valence-corrected chi connectivity index (χ1v) is 6.33. The van der Waals surface area contributed by atoms with E-state index in [0.717, 1.165) is 18.1 Å². The molecule has 1 aromatic heterocycles. The predicted octanol–water partition coefficient (Wildman–Crippen LogP) is 4.62. The minimum atomic E-state index is -2.92. The highest BCUT2D eigenvalue weighted by Crippen LogP contribution is 2.35. The lowest BCUT2D eigenvalue weighted by Gasteiger charge is -2.14. The molecule has 0 saturated heterocycles. The van der Waals surface area contributed by atoms with Gasteiger partial charge < -0.3 is 0 Å². The monoisotopic (exact) mass is 264 g/mol. The summed E-state index contributed by atoms with van der Waals surface area (Å²) in [7, 11) is 0. The Hall–Kier alpha value is -1.71. The first-order chi connectivity index (χ1) is 8.80. The van der Waals surface area contributed by atoms with E-state index < -0.39 is 5.92 Å². The molecule has 2 aromatic rings. The van der Waals surface area contributed by atoms with E-state index in [1.165, 1.54) is 11.8 Å². The van der Waals surface area contributed by atoms with Crippen LogP contribution in [0.15, 0.2) is 24.4 Å². The van der Waals surface area contributed by atoms with E-state index in [0.29, 0.717) is 11.5 Å². The lowest BCUT2D eigenvalue weighted by atomic mass is 9.94. The third-order valence-electron chi connectivity index (χ3n) is 3.29. The summed E-state index contributed by atoms with van der Waals surface area (Å²) in [6, 6.07) is 5.92. The fourth-order valence-electron chi connectivity index (χ4n) is 2.17. The van der Waals surface area contributed by atoms with Crippen LogP contribution in [0, 0.1) is 6.92 Å². The summed E-state index contributed by atoms with van der Waals surface area (Å²) in [6.07, 6.45) is 1.46. The Bertz CT molecular complexity index is 580. The maximum Gasteiger partial charge on any atom is 0.287 e. The number of hydrogen-bond acceptors (Lipinski definition) is 1. The van der Waals surface area contributed by atoms with Gasteiger partial charge in [-0.05, 0) is 29.5 Å². The van der Waals surface area contributed by atoms with E-state index in [1.54, 1.807) is 0 Å². The molecule has 102 valence electrons. The van der Waals surface area contributed by atoms with E-state index >= 15 is 0 Å². The molecule has 0 aliphatic rings. The molecule has 0 spiro atoms. The van der Waals surface area contributed by atoms with Gasteiger partial charge in [-0.15, -0.1) is 0 Å². The smallest absolute Gasteiger partial charge is 0.276 e. The molecule has 4 heteroatoms. The first kappa shape index (κ1) is 13.7. The molecule has 1 aromatic carbocycles.